The lowest BCUT2D eigenvalue weighted by molar-refractivity contribution is -0.132. The maximum Gasteiger partial charge on any atom is 0.346 e. The van der Waals surface area contributed by atoms with Gasteiger partial charge in [0.25, 0.3) is 0 Å². The van der Waals surface area contributed by atoms with Crippen LogP contribution in [-0.4, -0.2) is 18.2 Å². The first-order chi connectivity index (χ1) is 14.1. The van der Waals surface area contributed by atoms with Gasteiger partial charge in [0, 0.05) is 5.69 Å². The summed E-state index contributed by atoms with van der Waals surface area (Å²) in [6, 6.07) is 22.4. The van der Waals surface area contributed by atoms with Crippen molar-refractivity contribution >= 4 is 29.1 Å². The number of anilines is 3. The van der Waals surface area contributed by atoms with Crippen molar-refractivity contribution in [3.8, 4) is 23.3 Å². The van der Waals surface area contributed by atoms with Crippen LogP contribution in [0.1, 0.15) is 5.56 Å². The Bertz CT molecular complexity index is 1160. The number of fused-ring (bicyclic) bond motifs is 2. The number of carbonyl (C=O) groups is 1. The van der Waals surface area contributed by atoms with Gasteiger partial charge in [-0.1, -0.05) is 18.2 Å². The Labute approximate surface area is 167 Å². The summed E-state index contributed by atoms with van der Waals surface area (Å²) in [6.07, 6.45) is 1.32. The fraction of sp³-hybridized carbons (Fsp3) is 0.0435. The number of nitriles is 1. The first-order valence-corrected chi connectivity index (χ1v) is 8.81. The van der Waals surface area contributed by atoms with E-state index >= 15 is 0 Å². The number of carboxylic acid groups (broad SMARTS) is 1. The van der Waals surface area contributed by atoms with Crippen molar-refractivity contribution in [3.05, 3.63) is 77.9 Å². The fourth-order valence-corrected chi connectivity index (χ4v) is 3.18. The van der Waals surface area contributed by atoms with Crippen LogP contribution in [0.2, 0.25) is 0 Å². The van der Waals surface area contributed by atoms with Crippen LogP contribution >= 0.6 is 0 Å². The molecule has 0 aliphatic carbocycles. The van der Waals surface area contributed by atoms with E-state index < -0.39 is 5.97 Å². The summed E-state index contributed by atoms with van der Waals surface area (Å²) < 4.78 is 11.3. The number of para-hydroxylation sites is 2. The molecular weight excluding hydrogens is 368 g/mol. The Kier molecular flexibility index (Phi) is 4.63. The van der Waals surface area contributed by atoms with Crippen LogP contribution in [0.3, 0.4) is 0 Å². The molecule has 0 amide bonds. The minimum absolute atomic E-state index is 0.340. The lowest BCUT2D eigenvalue weighted by Gasteiger charge is -2.33. The van der Waals surface area contributed by atoms with Crippen LogP contribution in [-0.2, 0) is 4.79 Å². The van der Waals surface area contributed by atoms with E-state index in [1.54, 1.807) is 25.3 Å². The van der Waals surface area contributed by atoms with E-state index in [9.17, 15) is 4.79 Å². The summed E-state index contributed by atoms with van der Waals surface area (Å²) in [6.45, 7) is 0. The van der Waals surface area contributed by atoms with Gasteiger partial charge in [-0.2, -0.15) is 5.26 Å². The van der Waals surface area contributed by atoms with Crippen molar-refractivity contribution in [2.75, 3.05) is 12.0 Å². The lowest BCUT2D eigenvalue weighted by atomic mass is 10.1. The Morgan fingerprint density at radius 2 is 1.79 bits per heavy atom. The molecular formula is C23H16N2O4. The van der Waals surface area contributed by atoms with Crippen LogP contribution in [0.25, 0.3) is 6.08 Å². The van der Waals surface area contributed by atoms with Crippen LogP contribution in [0, 0.1) is 11.3 Å². The van der Waals surface area contributed by atoms with E-state index in [0.29, 0.717) is 17.1 Å². The third-order valence-electron chi connectivity index (χ3n) is 4.54. The third kappa shape index (κ3) is 3.37. The number of carboxylic acids is 1. The van der Waals surface area contributed by atoms with Crippen molar-refractivity contribution in [1.82, 2.24) is 0 Å². The normalized spacial score (nSPS) is 12.3. The molecule has 3 aromatic carbocycles. The van der Waals surface area contributed by atoms with Crippen LogP contribution in [0.4, 0.5) is 17.1 Å². The van der Waals surface area contributed by atoms with Gasteiger partial charge in [0.05, 0.1) is 18.5 Å². The topological polar surface area (TPSA) is 82.8 Å². The Morgan fingerprint density at radius 1 is 1.07 bits per heavy atom. The predicted molar refractivity (Wildman–Crippen MR) is 109 cm³/mol. The standard InChI is InChI=1S/C23H16N2O4/c1-28-18-9-7-17(8-10-18)25-19-4-2-3-5-21(19)29-22-13-15(6-11-20(22)25)12-16(14-24)23(26)27/h2-13H,1H3,(H,26,27)/b16-12+. The molecule has 0 fully saturated rings. The molecule has 1 aliphatic heterocycles. The molecule has 0 atom stereocenters. The van der Waals surface area contributed by atoms with Gasteiger partial charge in [-0.3, -0.25) is 0 Å². The van der Waals surface area contributed by atoms with Gasteiger partial charge < -0.3 is 19.5 Å². The third-order valence-corrected chi connectivity index (χ3v) is 4.54. The van der Waals surface area contributed by atoms with Crippen molar-refractivity contribution in [2.45, 2.75) is 0 Å². The largest absolute Gasteiger partial charge is 0.497 e. The van der Waals surface area contributed by atoms with E-state index in [2.05, 4.69) is 4.90 Å². The van der Waals surface area contributed by atoms with E-state index in [1.807, 2.05) is 54.6 Å². The van der Waals surface area contributed by atoms with Crippen LogP contribution in [0.5, 0.6) is 17.2 Å². The van der Waals surface area contributed by atoms with Gasteiger partial charge in [0.2, 0.25) is 0 Å². The highest BCUT2D eigenvalue weighted by atomic mass is 16.5. The molecule has 0 unspecified atom stereocenters. The summed E-state index contributed by atoms with van der Waals surface area (Å²) in [4.78, 5) is 13.2. The SMILES string of the molecule is COc1ccc(N2c3ccccc3Oc3cc(/C=C(\C#N)C(=O)O)ccc32)cc1. The monoisotopic (exact) mass is 384 g/mol. The molecule has 6 heteroatoms. The molecule has 6 nitrogen and oxygen atoms in total. The molecule has 142 valence electrons. The van der Waals surface area contributed by atoms with E-state index in [1.165, 1.54) is 6.08 Å². The molecule has 0 aromatic heterocycles. The Morgan fingerprint density at radius 3 is 2.48 bits per heavy atom. The molecule has 3 aromatic rings. The number of hydrogen-bond acceptors (Lipinski definition) is 5. The molecule has 29 heavy (non-hydrogen) atoms. The average molecular weight is 384 g/mol. The zero-order valence-electron chi connectivity index (χ0n) is 15.5. The zero-order chi connectivity index (χ0) is 20.4. The van der Waals surface area contributed by atoms with E-state index in [4.69, 9.17) is 19.8 Å². The number of aliphatic carboxylic acids is 1. The second-order valence-electron chi connectivity index (χ2n) is 6.31. The summed E-state index contributed by atoms with van der Waals surface area (Å²) in [5, 5.41) is 18.1. The highest BCUT2D eigenvalue weighted by Crippen LogP contribution is 2.50. The van der Waals surface area contributed by atoms with Gasteiger partial charge in [-0.25, -0.2) is 4.79 Å². The van der Waals surface area contributed by atoms with Crippen molar-refractivity contribution in [2.24, 2.45) is 0 Å². The van der Waals surface area contributed by atoms with Gasteiger partial charge >= 0.3 is 5.97 Å². The number of ether oxygens (including phenoxy) is 2. The molecule has 0 saturated carbocycles. The molecule has 1 heterocycles. The Balaban J connectivity index is 1.84. The highest BCUT2D eigenvalue weighted by Gasteiger charge is 2.25. The number of methoxy groups -OCH3 is 1. The van der Waals surface area contributed by atoms with Gasteiger partial charge in [0.1, 0.15) is 17.4 Å². The highest BCUT2D eigenvalue weighted by molar-refractivity contribution is 5.97. The minimum Gasteiger partial charge on any atom is -0.497 e. The number of rotatable bonds is 4. The quantitative estimate of drug-likeness (QED) is 0.382. The zero-order valence-corrected chi connectivity index (χ0v) is 15.5. The fourth-order valence-electron chi connectivity index (χ4n) is 3.18. The lowest BCUT2D eigenvalue weighted by Crippen LogP contribution is -2.15. The smallest absolute Gasteiger partial charge is 0.346 e. The predicted octanol–water partition coefficient (Wildman–Crippen LogP) is 5.26. The summed E-state index contributed by atoms with van der Waals surface area (Å²) >= 11 is 0. The van der Waals surface area contributed by atoms with Crippen molar-refractivity contribution < 1.29 is 19.4 Å². The van der Waals surface area contributed by atoms with Crippen LogP contribution < -0.4 is 14.4 Å². The maximum absolute atomic E-state index is 11.1. The second kappa shape index (κ2) is 7.41. The molecule has 1 aliphatic rings. The first kappa shape index (κ1) is 18.1. The second-order valence-corrected chi connectivity index (χ2v) is 6.31. The van der Waals surface area contributed by atoms with Gasteiger partial charge in [0.15, 0.2) is 11.5 Å². The van der Waals surface area contributed by atoms with Gasteiger partial charge in [-0.05, 0) is 60.2 Å². The summed E-state index contributed by atoms with van der Waals surface area (Å²) in [5.41, 5.74) is 2.84. The molecule has 0 spiro atoms. The van der Waals surface area contributed by atoms with Crippen molar-refractivity contribution in [1.29, 1.82) is 5.26 Å². The summed E-state index contributed by atoms with van der Waals surface area (Å²) in [5.74, 6) is 0.733. The van der Waals surface area contributed by atoms with E-state index in [0.717, 1.165) is 22.8 Å². The first-order valence-electron chi connectivity index (χ1n) is 8.81. The molecule has 4 rings (SSSR count). The molecule has 0 bridgehead atoms. The summed E-state index contributed by atoms with van der Waals surface area (Å²) in [7, 11) is 1.62. The van der Waals surface area contributed by atoms with Crippen LogP contribution in [0.15, 0.2) is 72.3 Å². The van der Waals surface area contributed by atoms with Gasteiger partial charge in [-0.15, -0.1) is 0 Å². The number of benzene rings is 3. The molecule has 0 saturated heterocycles. The number of nitrogens with zero attached hydrogens (tertiary/aromatic N) is 2. The van der Waals surface area contributed by atoms with Crippen molar-refractivity contribution in [3.63, 3.8) is 0 Å². The Hall–Kier alpha value is -4.24. The minimum atomic E-state index is -1.27. The number of hydrogen-bond donors (Lipinski definition) is 1. The van der Waals surface area contributed by atoms with E-state index in [-0.39, 0.29) is 5.57 Å². The maximum atomic E-state index is 11.1. The molecule has 0 radical (unpaired) electrons. The average Bonchev–Trinajstić information content (AvgIpc) is 2.75. The molecule has 1 N–H and O–H groups in total.